The first kappa shape index (κ1) is 15.3. The van der Waals surface area contributed by atoms with Crippen LogP contribution in [-0.4, -0.2) is 23.0 Å². The highest BCUT2D eigenvalue weighted by atomic mass is 16.5. The number of rotatable bonds is 3. The quantitative estimate of drug-likeness (QED) is 0.906. The number of anilines is 1. The number of fused-ring (bicyclic) bond motifs is 1. The maximum absolute atomic E-state index is 12.5. The van der Waals surface area contributed by atoms with Crippen LogP contribution in [0.2, 0.25) is 0 Å². The fraction of sp³-hybridized carbons (Fsp3) is 0.353. The highest BCUT2D eigenvalue weighted by Gasteiger charge is 2.23. The Bertz CT molecular complexity index is 725. The summed E-state index contributed by atoms with van der Waals surface area (Å²) in [7, 11) is 1.66. The number of nitrogen functional groups attached to an aromatic ring is 1. The number of ether oxygens (including phenoxy) is 1. The van der Waals surface area contributed by atoms with Gasteiger partial charge in [0.15, 0.2) is 0 Å². The Morgan fingerprint density at radius 1 is 1.35 bits per heavy atom. The van der Waals surface area contributed by atoms with E-state index in [4.69, 9.17) is 10.5 Å². The van der Waals surface area contributed by atoms with Crippen LogP contribution < -0.4 is 15.8 Å². The predicted molar refractivity (Wildman–Crippen MR) is 87.3 cm³/mol. The molecule has 6 nitrogen and oxygen atoms in total. The number of carbonyl (C=O) groups excluding carboxylic acids is 1. The molecule has 0 aliphatic heterocycles. The van der Waals surface area contributed by atoms with Crippen molar-refractivity contribution in [3.05, 3.63) is 46.8 Å². The minimum atomic E-state index is -0.226. The number of carbonyl (C=O) groups is 1. The molecule has 0 spiro atoms. The Morgan fingerprint density at radius 2 is 2.17 bits per heavy atom. The summed E-state index contributed by atoms with van der Waals surface area (Å²) in [6.07, 6.45) is 2.93. The fourth-order valence-electron chi connectivity index (χ4n) is 3.01. The smallest absolute Gasteiger partial charge is 0.270 e. The van der Waals surface area contributed by atoms with Crippen LogP contribution in [0.5, 0.6) is 5.75 Å². The van der Waals surface area contributed by atoms with Gasteiger partial charge in [0.1, 0.15) is 11.4 Å². The number of aromatic nitrogens is 2. The third-order valence-corrected chi connectivity index (χ3v) is 4.07. The van der Waals surface area contributed by atoms with Gasteiger partial charge in [-0.1, -0.05) is 6.07 Å². The molecule has 1 amide bonds. The molecule has 1 aliphatic carbocycles. The van der Waals surface area contributed by atoms with Crippen molar-refractivity contribution < 1.29 is 9.53 Å². The van der Waals surface area contributed by atoms with Gasteiger partial charge in [-0.2, -0.15) is 0 Å². The van der Waals surface area contributed by atoms with Gasteiger partial charge in [-0.15, -0.1) is 0 Å². The number of benzene rings is 1. The Morgan fingerprint density at radius 3 is 2.91 bits per heavy atom. The molecule has 120 valence electrons. The second kappa shape index (κ2) is 6.24. The lowest BCUT2D eigenvalue weighted by atomic mass is 9.87. The number of hydrogen-bond donors (Lipinski definition) is 2. The van der Waals surface area contributed by atoms with Crippen LogP contribution in [0.1, 0.15) is 46.2 Å². The van der Waals surface area contributed by atoms with Crippen molar-refractivity contribution in [1.82, 2.24) is 15.3 Å². The average Bonchev–Trinajstić information content (AvgIpc) is 2.53. The second-order valence-corrected chi connectivity index (χ2v) is 5.74. The summed E-state index contributed by atoms with van der Waals surface area (Å²) in [5, 5.41) is 3.06. The first-order valence-corrected chi connectivity index (χ1v) is 7.65. The Labute approximate surface area is 135 Å². The van der Waals surface area contributed by atoms with Crippen molar-refractivity contribution in [2.75, 3.05) is 12.8 Å². The second-order valence-electron chi connectivity index (χ2n) is 5.74. The van der Waals surface area contributed by atoms with Crippen molar-refractivity contribution in [1.29, 1.82) is 0 Å². The van der Waals surface area contributed by atoms with Crippen molar-refractivity contribution in [2.24, 2.45) is 0 Å². The van der Waals surface area contributed by atoms with Crippen LogP contribution in [0.15, 0.2) is 24.3 Å². The molecular weight excluding hydrogens is 292 g/mol. The number of nitrogens with two attached hydrogens (primary N) is 1. The van der Waals surface area contributed by atoms with Gasteiger partial charge in [0.2, 0.25) is 5.95 Å². The zero-order valence-corrected chi connectivity index (χ0v) is 13.3. The van der Waals surface area contributed by atoms with Gasteiger partial charge in [-0.3, -0.25) is 4.79 Å². The van der Waals surface area contributed by atoms with E-state index < -0.39 is 0 Å². The molecule has 0 saturated heterocycles. The lowest BCUT2D eigenvalue weighted by molar-refractivity contribution is 0.0927. The van der Waals surface area contributed by atoms with Crippen molar-refractivity contribution in [3.8, 4) is 5.75 Å². The van der Waals surface area contributed by atoms with Crippen LogP contribution in [0.3, 0.4) is 0 Å². The molecule has 1 aliphatic rings. The van der Waals surface area contributed by atoms with Gasteiger partial charge in [0, 0.05) is 5.69 Å². The molecule has 3 rings (SSSR count). The van der Waals surface area contributed by atoms with E-state index in [0.29, 0.717) is 11.4 Å². The Balaban J connectivity index is 1.83. The molecule has 0 saturated carbocycles. The van der Waals surface area contributed by atoms with E-state index in [1.54, 1.807) is 20.1 Å². The average molecular weight is 312 g/mol. The van der Waals surface area contributed by atoms with Crippen LogP contribution in [0, 0.1) is 6.92 Å². The van der Waals surface area contributed by atoms with E-state index in [9.17, 15) is 4.79 Å². The van der Waals surface area contributed by atoms with Gasteiger partial charge < -0.3 is 15.8 Å². The number of nitrogens with one attached hydrogen (secondary N) is 1. The fourth-order valence-corrected chi connectivity index (χ4v) is 3.01. The molecular formula is C17H20N4O2. The molecule has 0 fully saturated rings. The first-order valence-electron chi connectivity index (χ1n) is 7.65. The normalized spacial score (nSPS) is 16.5. The van der Waals surface area contributed by atoms with Gasteiger partial charge in [-0.05, 0) is 55.5 Å². The van der Waals surface area contributed by atoms with Crippen molar-refractivity contribution >= 4 is 11.9 Å². The summed E-state index contributed by atoms with van der Waals surface area (Å²) >= 11 is 0. The molecule has 0 bridgehead atoms. The largest absolute Gasteiger partial charge is 0.497 e. The molecule has 1 aromatic carbocycles. The predicted octanol–water partition coefficient (Wildman–Crippen LogP) is 2.18. The standard InChI is InChI=1S/C17H20N4O2/c1-10-8-15(21-17(18)19-10)16(22)20-14-5-3-4-11-9-12(23-2)6-7-13(11)14/h6-9,14H,3-5H2,1-2H3,(H,20,22)(H2,18,19,21)/t14-/m1/s1. The van der Waals surface area contributed by atoms with Crippen molar-refractivity contribution in [2.45, 2.75) is 32.2 Å². The Kier molecular flexibility index (Phi) is 4.14. The lowest BCUT2D eigenvalue weighted by Gasteiger charge is -2.26. The van der Waals surface area contributed by atoms with E-state index in [-0.39, 0.29) is 17.9 Å². The van der Waals surface area contributed by atoms with Crippen LogP contribution in [0.25, 0.3) is 0 Å². The van der Waals surface area contributed by atoms with E-state index in [2.05, 4.69) is 15.3 Å². The summed E-state index contributed by atoms with van der Waals surface area (Å²) in [6, 6.07) is 7.62. The number of hydrogen-bond acceptors (Lipinski definition) is 5. The van der Waals surface area contributed by atoms with Gasteiger partial charge in [0.25, 0.3) is 5.91 Å². The number of nitrogens with zero attached hydrogens (tertiary/aromatic N) is 2. The van der Waals surface area contributed by atoms with E-state index in [1.807, 2.05) is 18.2 Å². The van der Waals surface area contributed by atoms with Gasteiger partial charge >= 0.3 is 0 Å². The molecule has 0 unspecified atom stereocenters. The molecule has 0 radical (unpaired) electrons. The van der Waals surface area contributed by atoms with E-state index in [1.165, 1.54) is 5.56 Å². The summed E-state index contributed by atoms with van der Waals surface area (Å²) in [4.78, 5) is 20.5. The first-order chi connectivity index (χ1) is 11.1. The molecule has 6 heteroatoms. The van der Waals surface area contributed by atoms with Gasteiger partial charge in [-0.25, -0.2) is 9.97 Å². The molecule has 1 atom stereocenters. The van der Waals surface area contributed by atoms with Crippen LogP contribution in [-0.2, 0) is 6.42 Å². The lowest BCUT2D eigenvalue weighted by Crippen LogP contribution is -2.31. The van der Waals surface area contributed by atoms with Crippen molar-refractivity contribution in [3.63, 3.8) is 0 Å². The number of amides is 1. The highest BCUT2D eigenvalue weighted by Crippen LogP contribution is 2.32. The maximum Gasteiger partial charge on any atom is 0.270 e. The molecule has 1 aromatic heterocycles. The maximum atomic E-state index is 12.5. The van der Waals surface area contributed by atoms with Crippen LogP contribution >= 0.6 is 0 Å². The zero-order chi connectivity index (χ0) is 16.4. The van der Waals surface area contributed by atoms with Crippen LogP contribution in [0.4, 0.5) is 5.95 Å². The highest BCUT2D eigenvalue weighted by molar-refractivity contribution is 5.92. The van der Waals surface area contributed by atoms with E-state index in [0.717, 1.165) is 30.6 Å². The topological polar surface area (TPSA) is 90.1 Å². The molecule has 1 heterocycles. The van der Waals surface area contributed by atoms with Gasteiger partial charge in [0.05, 0.1) is 13.2 Å². The summed E-state index contributed by atoms with van der Waals surface area (Å²) < 4.78 is 5.27. The summed E-state index contributed by atoms with van der Waals surface area (Å²) in [5.74, 6) is 0.731. The molecule has 2 aromatic rings. The Hall–Kier alpha value is -2.63. The summed E-state index contributed by atoms with van der Waals surface area (Å²) in [5.41, 5.74) is 8.97. The number of aryl methyl sites for hydroxylation is 2. The van der Waals surface area contributed by atoms with E-state index >= 15 is 0 Å². The minimum Gasteiger partial charge on any atom is -0.497 e. The third-order valence-electron chi connectivity index (χ3n) is 4.07. The minimum absolute atomic E-state index is 0.0198. The SMILES string of the molecule is COc1ccc2c(c1)CCC[C@H]2NC(=O)c1cc(C)nc(N)n1. The third kappa shape index (κ3) is 3.26. The molecule has 23 heavy (non-hydrogen) atoms. The monoisotopic (exact) mass is 312 g/mol. The zero-order valence-electron chi connectivity index (χ0n) is 13.3. The molecule has 3 N–H and O–H groups in total. The number of methoxy groups -OCH3 is 1. The summed E-state index contributed by atoms with van der Waals surface area (Å²) in [6.45, 7) is 1.79.